The summed E-state index contributed by atoms with van der Waals surface area (Å²) in [6.45, 7) is 1.93. The molecule has 2 heteroatoms. The smallest absolute Gasteiger partial charge is 0.294 e. The summed E-state index contributed by atoms with van der Waals surface area (Å²) in [5, 5.41) is 0. The number of hydrogen-bond donors (Lipinski definition) is 1. The van der Waals surface area contributed by atoms with Gasteiger partial charge in [-0.3, -0.25) is 4.79 Å². The summed E-state index contributed by atoms with van der Waals surface area (Å²) in [4.78, 5) is 10.1. The number of primary amides is 1. The molecule has 0 aliphatic carbocycles. The standard InChI is InChI=1S/C11H7NO/c1-2-3-4-5-6-7-8-9-10-11(12)13/h2H2,1H3,(H2,12,13). The molecule has 0 atom stereocenters. The SMILES string of the molecule is CCC#CC#CC#CC#CC(N)=O. The molecule has 2 N–H and O–H groups in total. The second kappa shape index (κ2) is 7.81. The Labute approximate surface area is 77.9 Å². The quantitative estimate of drug-likeness (QED) is 0.505. The first-order valence-electron chi connectivity index (χ1n) is 3.55. The topological polar surface area (TPSA) is 43.1 Å². The van der Waals surface area contributed by atoms with Gasteiger partial charge in [-0.1, -0.05) is 12.8 Å². The largest absolute Gasteiger partial charge is 0.359 e. The molecule has 0 radical (unpaired) electrons. The monoisotopic (exact) mass is 169 g/mol. The normalized spacial score (nSPS) is 5.31. The van der Waals surface area contributed by atoms with Crippen LogP contribution in [0.15, 0.2) is 0 Å². The van der Waals surface area contributed by atoms with Crippen LogP contribution in [0.25, 0.3) is 0 Å². The van der Waals surface area contributed by atoms with Crippen LogP contribution in [0.4, 0.5) is 0 Å². The Hall–Kier alpha value is -2.29. The van der Waals surface area contributed by atoms with Gasteiger partial charge < -0.3 is 5.73 Å². The van der Waals surface area contributed by atoms with Crippen molar-refractivity contribution in [3.63, 3.8) is 0 Å². The maximum atomic E-state index is 10.1. The van der Waals surface area contributed by atoms with Gasteiger partial charge in [0.1, 0.15) is 0 Å². The fourth-order valence-electron chi connectivity index (χ4n) is 0.350. The summed E-state index contributed by atoms with van der Waals surface area (Å²) in [6, 6.07) is 0. The molecule has 0 spiro atoms. The van der Waals surface area contributed by atoms with Gasteiger partial charge in [0.2, 0.25) is 0 Å². The first kappa shape index (κ1) is 10.7. The van der Waals surface area contributed by atoms with Gasteiger partial charge in [-0.15, -0.1) is 0 Å². The Morgan fingerprint density at radius 2 is 1.62 bits per heavy atom. The summed E-state index contributed by atoms with van der Waals surface area (Å²) >= 11 is 0. The summed E-state index contributed by atoms with van der Waals surface area (Å²) in [6.07, 6.45) is 0.767. The van der Waals surface area contributed by atoms with E-state index >= 15 is 0 Å². The minimum absolute atomic E-state index is 0.701. The molecule has 0 fully saturated rings. The first-order valence-corrected chi connectivity index (χ1v) is 3.55. The Morgan fingerprint density at radius 1 is 1.08 bits per heavy atom. The third-order valence-electron chi connectivity index (χ3n) is 0.763. The second-order valence-electron chi connectivity index (χ2n) is 1.77. The number of hydrogen-bond acceptors (Lipinski definition) is 1. The van der Waals surface area contributed by atoms with Gasteiger partial charge in [-0.25, -0.2) is 0 Å². The van der Waals surface area contributed by atoms with E-state index < -0.39 is 5.91 Å². The van der Waals surface area contributed by atoms with E-state index in [9.17, 15) is 4.79 Å². The van der Waals surface area contributed by atoms with E-state index in [1.807, 2.05) is 6.92 Å². The Balaban J connectivity index is 4.07. The van der Waals surface area contributed by atoms with E-state index in [0.717, 1.165) is 6.42 Å². The highest BCUT2D eigenvalue weighted by molar-refractivity contribution is 5.92. The molecule has 0 rings (SSSR count). The van der Waals surface area contributed by atoms with Crippen LogP contribution in [0.2, 0.25) is 0 Å². The molecule has 0 bridgehead atoms. The minimum atomic E-state index is -0.701. The summed E-state index contributed by atoms with van der Waals surface area (Å²) < 4.78 is 0. The van der Waals surface area contributed by atoms with Gasteiger partial charge in [-0.2, -0.15) is 0 Å². The van der Waals surface area contributed by atoms with Gasteiger partial charge >= 0.3 is 0 Å². The maximum Gasteiger partial charge on any atom is 0.294 e. The van der Waals surface area contributed by atoms with Crippen molar-refractivity contribution in [2.45, 2.75) is 13.3 Å². The molecule has 0 unspecified atom stereocenters. The van der Waals surface area contributed by atoms with E-state index in [1.54, 1.807) is 0 Å². The molecular weight excluding hydrogens is 162 g/mol. The van der Waals surface area contributed by atoms with Gasteiger partial charge in [0.25, 0.3) is 5.91 Å². The van der Waals surface area contributed by atoms with Crippen LogP contribution in [0.1, 0.15) is 13.3 Å². The Morgan fingerprint density at radius 3 is 2.15 bits per heavy atom. The van der Waals surface area contributed by atoms with Crippen molar-refractivity contribution in [2.24, 2.45) is 5.73 Å². The number of rotatable bonds is 0. The highest BCUT2D eigenvalue weighted by Crippen LogP contribution is 1.64. The molecule has 13 heavy (non-hydrogen) atoms. The molecule has 0 aromatic rings. The Bertz CT molecular complexity index is 416. The lowest BCUT2D eigenvalue weighted by atomic mass is 10.4. The molecule has 1 amide bonds. The zero-order valence-corrected chi connectivity index (χ0v) is 7.19. The summed E-state index contributed by atoms with van der Waals surface area (Å²) in [5.41, 5.74) is 4.73. The van der Waals surface area contributed by atoms with Crippen molar-refractivity contribution >= 4 is 5.91 Å². The van der Waals surface area contributed by atoms with Gasteiger partial charge in [0, 0.05) is 12.3 Å². The average molecular weight is 169 g/mol. The summed E-state index contributed by atoms with van der Waals surface area (Å²) in [5.74, 6) is 18.6. The number of carbonyl (C=O) groups excluding carboxylic acids is 1. The lowest BCUT2D eigenvalue weighted by Crippen LogP contribution is -2.05. The molecule has 0 aliphatic rings. The van der Waals surface area contributed by atoms with Crippen LogP contribution in [0, 0.1) is 47.4 Å². The van der Waals surface area contributed by atoms with Crippen molar-refractivity contribution in [2.75, 3.05) is 0 Å². The van der Waals surface area contributed by atoms with Crippen molar-refractivity contribution < 1.29 is 4.79 Å². The molecule has 0 aromatic carbocycles. The van der Waals surface area contributed by atoms with Crippen LogP contribution in [0.5, 0.6) is 0 Å². The van der Waals surface area contributed by atoms with Crippen molar-refractivity contribution in [3.8, 4) is 47.4 Å². The number of amides is 1. The van der Waals surface area contributed by atoms with Crippen molar-refractivity contribution in [1.82, 2.24) is 0 Å². The number of nitrogens with two attached hydrogens (primary N) is 1. The Kier molecular flexibility index (Phi) is 6.44. The van der Waals surface area contributed by atoms with Gasteiger partial charge in [0.15, 0.2) is 0 Å². The predicted octanol–water partition coefficient (Wildman–Crippen LogP) is -0.105. The fourth-order valence-corrected chi connectivity index (χ4v) is 0.350. The fraction of sp³-hybridized carbons (Fsp3) is 0.182. The lowest BCUT2D eigenvalue weighted by Gasteiger charge is -1.64. The lowest BCUT2D eigenvalue weighted by molar-refractivity contribution is -0.112. The molecular formula is C11H7NO. The number of carbonyl (C=O) groups is 1. The van der Waals surface area contributed by atoms with Crippen molar-refractivity contribution in [1.29, 1.82) is 0 Å². The minimum Gasteiger partial charge on any atom is -0.359 e. The van der Waals surface area contributed by atoms with E-state index in [4.69, 9.17) is 5.73 Å². The second-order valence-corrected chi connectivity index (χ2v) is 1.77. The van der Waals surface area contributed by atoms with Crippen LogP contribution in [-0.2, 0) is 4.79 Å². The zero-order chi connectivity index (χ0) is 9.94. The zero-order valence-electron chi connectivity index (χ0n) is 7.19. The molecule has 2 nitrogen and oxygen atoms in total. The molecule has 0 saturated heterocycles. The molecule has 0 saturated carbocycles. The van der Waals surface area contributed by atoms with Crippen LogP contribution < -0.4 is 5.73 Å². The third kappa shape index (κ3) is 9.71. The van der Waals surface area contributed by atoms with E-state index in [-0.39, 0.29) is 0 Å². The first-order chi connectivity index (χ1) is 6.27. The van der Waals surface area contributed by atoms with Gasteiger partial charge in [0.05, 0.1) is 0 Å². The maximum absolute atomic E-state index is 10.1. The average Bonchev–Trinajstić information content (AvgIpc) is 2.09. The van der Waals surface area contributed by atoms with Crippen LogP contribution in [-0.4, -0.2) is 5.91 Å². The third-order valence-corrected chi connectivity index (χ3v) is 0.763. The van der Waals surface area contributed by atoms with E-state index in [2.05, 4.69) is 47.4 Å². The molecule has 0 aliphatic heterocycles. The summed E-state index contributed by atoms with van der Waals surface area (Å²) in [7, 11) is 0. The highest BCUT2D eigenvalue weighted by Gasteiger charge is 1.74. The van der Waals surface area contributed by atoms with Crippen LogP contribution in [0.3, 0.4) is 0 Å². The van der Waals surface area contributed by atoms with E-state index in [1.165, 1.54) is 0 Å². The molecule has 0 heterocycles. The van der Waals surface area contributed by atoms with Crippen LogP contribution >= 0.6 is 0 Å². The highest BCUT2D eigenvalue weighted by atomic mass is 16.1. The van der Waals surface area contributed by atoms with Crippen molar-refractivity contribution in [3.05, 3.63) is 0 Å². The predicted molar refractivity (Wildman–Crippen MR) is 50.6 cm³/mol. The van der Waals surface area contributed by atoms with E-state index in [0.29, 0.717) is 0 Å². The van der Waals surface area contributed by atoms with Gasteiger partial charge in [-0.05, 0) is 35.5 Å². The molecule has 0 aromatic heterocycles. The molecule has 62 valence electrons.